The second kappa shape index (κ2) is 5.58. The minimum atomic E-state index is -3.71. The van der Waals surface area contributed by atoms with Gasteiger partial charge in [-0.15, -0.1) is 0 Å². The van der Waals surface area contributed by atoms with Crippen LogP contribution < -0.4 is 4.72 Å². The minimum absolute atomic E-state index is 0.230. The molecule has 0 spiro atoms. The Labute approximate surface area is 139 Å². The Morgan fingerprint density at radius 1 is 0.875 bits per heavy atom. The Kier molecular flexibility index (Phi) is 3.39. The van der Waals surface area contributed by atoms with Crippen LogP contribution >= 0.6 is 0 Å². The number of hydrogen-bond donors (Lipinski definition) is 1. The van der Waals surface area contributed by atoms with Crippen LogP contribution in [-0.2, 0) is 10.0 Å². The molecule has 4 aromatic rings. The number of anilines is 1. The molecule has 4 rings (SSSR count). The molecule has 0 aliphatic heterocycles. The molecule has 6 heteroatoms. The van der Waals surface area contributed by atoms with Crippen molar-refractivity contribution in [3.8, 4) is 0 Å². The van der Waals surface area contributed by atoms with E-state index in [0.717, 1.165) is 16.3 Å². The lowest BCUT2D eigenvalue weighted by Gasteiger charge is -2.11. The first-order valence-electron chi connectivity index (χ1n) is 7.34. The van der Waals surface area contributed by atoms with Gasteiger partial charge in [-0.1, -0.05) is 18.2 Å². The highest BCUT2D eigenvalue weighted by Crippen LogP contribution is 2.25. The first-order chi connectivity index (χ1) is 11.6. The molecule has 0 unspecified atom stereocenters. The molecule has 0 saturated carbocycles. The highest BCUT2D eigenvalue weighted by atomic mass is 32.2. The third-order valence-corrected chi connectivity index (χ3v) is 5.22. The summed E-state index contributed by atoms with van der Waals surface area (Å²) in [5, 5.41) is 2.30. The quantitative estimate of drug-likeness (QED) is 0.621. The van der Waals surface area contributed by atoms with Crippen LogP contribution in [0.1, 0.15) is 0 Å². The largest absolute Gasteiger partial charge is 0.280 e. The Bertz CT molecular complexity index is 1150. The number of aromatic nitrogens is 2. The molecule has 118 valence electrons. The molecule has 0 atom stereocenters. The van der Waals surface area contributed by atoms with Gasteiger partial charge in [0, 0.05) is 40.4 Å². The van der Waals surface area contributed by atoms with Crippen LogP contribution in [0.5, 0.6) is 0 Å². The summed E-state index contributed by atoms with van der Waals surface area (Å²) in [5.74, 6) is 0. The van der Waals surface area contributed by atoms with Gasteiger partial charge in [-0.25, -0.2) is 8.42 Å². The maximum absolute atomic E-state index is 12.8. The smallest absolute Gasteiger partial charge is 0.262 e. The molecular formula is C18H13N3O2S. The predicted molar refractivity (Wildman–Crippen MR) is 94.3 cm³/mol. The first kappa shape index (κ1) is 14.6. The Morgan fingerprint density at radius 3 is 2.67 bits per heavy atom. The summed E-state index contributed by atoms with van der Waals surface area (Å²) in [7, 11) is -3.71. The maximum Gasteiger partial charge on any atom is 0.262 e. The van der Waals surface area contributed by atoms with Crippen molar-refractivity contribution in [1.29, 1.82) is 0 Å². The molecule has 0 aliphatic rings. The molecule has 0 radical (unpaired) electrons. The van der Waals surface area contributed by atoms with Gasteiger partial charge in [0.15, 0.2) is 0 Å². The predicted octanol–water partition coefficient (Wildman–Crippen LogP) is 3.58. The van der Waals surface area contributed by atoms with E-state index in [1.807, 2.05) is 18.2 Å². The Balaban J connectivity index is 1.79. The number of hydrogen-bond acceptors (Lipinski definition) is 4. The summed E-state index contributed by atoms with van der Waals surface area (Å²) in [6.45, 7) is 0. The monoisotopic (exact) mass is 335 g/mol. The van der Waals surface area contributed by atoms with E-state index in [1.165, 1.54) is 0 Å². The van der Waals surface area contributed by atoms with E-state index in [1.54, 1.807) is 55.0 Å². The molecule has 5 nitrogen and oxygen atoms in total. The molecule has 0 saturated heterocycles. The van der Waals surface area contributed by atoms with Gasteiger partial charge in [0.1, 0.15) is 0 Å². The normalized spacial score (nSPS) is 11.7. The lowest BCUT2D eigenvalue weighted by Crippen LogP contribution is -2.13. The summed E-state index contributed by atoms with van der Waals surface area (Å²) < 4.78 is 28.3. The highest BCUT2D eigenvalue weighted by Gasteiger charge is 2.17. The van der Waals surface area contributed by atoms with E-state index in [9.17, 15) is 8.42 Å². The molecule has 0 aliphatic carbocycles. The molecule has 24 heavy (non-hydrogen) atoms. The zero-order valence-corrected chi connectivity index (χ0v) is 13.4. The lowest BCUT2D eigenvalue weighted by atomic mass is 10.2. The molecule has 2 aromatic carbocycles. The average molecular weight is 335 g/mol. The van der Waals surface area contributed by atoms with E-state index in [4.69, 9.17) is 0 Å². The second-order valence-corrected chi connectivity index (χ2v) is 7.02. The summed E-state index contributed by atoms with van der Waals surface area (Å²) >= 11 is 0. The molecule has 0 bridgehead atoms. The van der Waals surface area contributed by atoms with Crippen molar-refractivity contribution >= 4 is 37.4 Å². The average Bonchev–Trinajstić information content (AvgIpc) is 2.61. The van der Waals surface area contributed by atoms with Crippen LogP contribution in [0.2, 0.25) is 0 Å². The van der Waals surface area contributed by atoms with Gasteiger partial charge in [0.25, 0.3) is 10.0 Å². The summed E-state index contributed by atoms with van der Waals surface area (Å²) in [5.41, 5.74) is 1.32. The van der Waals surface area contributed by atoms with Crippen molar-refractivity contribution in [3.63, 3.8) is 0 Å². The Hall–Kier alpha value is -2.99. The number of fused-ring (bicyclic) bond motifs is 2. The van der Waals surface area contributed by atoms with Crippen LogP contribution in [0.3, 0.4) is 0 Å². The van der Waals surface area contributed by atoms with Gasteiger partial charge in [-0.05, 0) is 36.4 Å². The highest BCUT2D eigenvalue weighted by molar-refractivity contribution is 7.93. The van der Waals surface area contributed by atoms with Crippen molar-refractivity contribution < 1.29 is 8.42 Å². The zero-order valence-electron chi connectivity index (χ0n) is 12.5. The third-order valence-electron chi connectivity index (χ3n) is 3.79. The molecule has 0 fully saturated rings. The van der Waals surface area contributed by atoms with Gasteiger partial charge >= 0.3 is 0 Å². The Morgan fingerprint density at radius 2 is 1.75 bits per heavy atom. The van der Waals surface area contributed by atoms with Crippen LogP contribution in [0, 0.1) is 0 Å². The fraction of sp³-hybridized carbons (Fsp3) is 0. The van der Waals surface area contributed by atoms with E-state index < -0.39 is 10.0 Å². The van der Waals surface area contributed by atoms with Crippen molar-refractivity contribution in [2.24, 2.45) is 0 Å². The van der Waals surface area contributed by atoms with E-state index >= 15 is 0 Å². The SMILES string of the molecule is O=S(=O)(Nc1ccc2ncccc2c1)c1cccc2cnccc12. The van der Waals surface area contributed by atoms with Crippen molar-refractivity contribution in [3.05, 3.63) is 73.2 Å². The van der Waals surface area contributed by atoms with Crippen molar-refractivity contribution in [1.82, 2.24) is 9.97 Å². The van der Waals surface area contributed by atoms with Gasteiger partial charge < -0.3 is 0 Å². The van der Waals surface area contributed by atoms with Gasteiger partial charge in [0.05, 0.1) is 10.4 Å². The van der Waals surface area contributed by atoms with Gasteiger partial charge in [-0.2, -0.15) is 0 Å². The van der Waals surface area contributed by atoms with Crippen LogP contribution in [0.15, 0.2) is 78.1 Å². The van der Waals surface area contributed by atoms with Gasteiger partial charge in [0.2, 0.25) is 0 Å². The lowest BCUT2D eigenvalue weighted by molar-refractivity contribution is 0.602. The van der Waals surface area contributed by atoms with Crippen molar-refractivity contribution in [2.75, 3.05) is 4.72 Å². The van der Waals surface area contributed by atoms with E-state index in [2.05, 4.69) is 14.7 Å². The standard InChI is InChI=1S/C18H13N3O2S/c22-24(23,18-5-1-3-14-12-19-10-8-16(14)18)21-15-6-7-17-13(11-15)4-2-9-20-17/h1-12,21H. The molecule has 2 heterocycles. The van der Waals surface area contributed by atoms with Crippen LogP contribution in [-0.4, -0.2) is 18.4 Å². The number of benzene rings is 2. The van der Waals surface area contributed by atoms with E-state index in [-0.39, 0.29) is 4.90 Å². The summed E-state index contributed by atoms with van der Waals surface area (Å²) in [6.07, 6.45) is 4.94. The number of nitrogens with one attached hydrogen (secondary N) is 1. The number of sulfonamides is 1. The summed E-state index contributed by atoms with van der Waals surface area (Å²) in [6, 6.07) is 15.8. The third kappa shape index (κ3) is 2.57. The topological polar surface area (TPSA) is 72.0 Å². The first-order valence-corrected chi connectivity index (χ1v) is 8.82. The molecular weight excluding hydrogens is 322 g/mol. The summed E-state index contributed by atoms with van der Waals surface area (Å²) in [4.78, 5) is 8.50. The number of pyridine rings is 2. The number of nitrogens with zero attached hydrogens (tertiary/aromatic N) is 2. The van der Waals surface area contributed by atoms with Crippen molar-refractivity contribution in [2.45, 2.75) is 4.90 Å². The molecule has 0 amide bonds. The fourth-order valence-corrected chi connectivity index (χ4v) is 3.96. The van der Waals surface area contributed by atoms with Gasteiger partial charge in [-0.3, -0.25) is 14.7 Å². The zero-order chi connectivity index (χ0) is 16.6. The second-order valence-electron chi connectivity index (χ2n) is 5.37. The molecule has 1 N–H and O–H groups in total. The molecule has 2 aromatic heterocycles. The fourth-order valence-electron chi connectivity index (χ4n) is 2.68. The minimum Gasteiger partial charge on any atom is -0.280 e. The number of rotatable bonds is 3. The maximum atomic E-state index is 12.8. The van der Waals surface area contributed by atoms with Crippen LogP contribution in [0.4, 0.5) is 5.69 Å². The van der Waals surface area contributed by atoms with E-state index in [0.29, 0.717) is 11.1 Å². The van der Waals surface area contributed by atoms with Crippen LogP contribution in [0.25, 0.3) is 21.7 Å².